The van der Waals surface area contributed by atoms with E-state index in [0.717, 1.165) is 25.5 Å². The van der Waals surface area contributed by atoms with Crippen LogP contribution >= 0.6 is 0 Å². The minimum Gasteiger partial charge on any atom is -0.366 e. The number of likely N-dealkylation sites (N-methyl/N-ethyl adjacent to an activating group) is 1. The fourth-order valence-electron chi connectivity index (χ4n) is 2.92. The lowest BCUT2D eigenvalue weighted by atomic mass is 9.95. The van der Waals surface area contributed by atoms with Crippen LogP contribution < -0.4 is 5.32 Å². The average Bonchev–Trinajstić information content (AvgIpc) is 3.25. The van der Waals surface area contributed by atoms with Gasteiger partial charge in [-0.3, -0.25) is 4.79 Å². The first kappa shape index (κ1) is 15.4. The van der Waals surface area contributed by atoms with Gasteiger partial charge in [-0.25, -0.2) is 8.78 Å². The van der Waals surface area contributed by atoms with Crippen molar-refractivity contribution < 1.29 is 18.3 Å². The Balaban J connectivity index is 1.62. The predicted octanol–water partition coefficient (Wildman–Crippen LogP) is 1.44. The normalized spacial score (nSPS) is 24.0. The van der Waals surface area contributed by atoms with E-state index in [2.05, 4.69) is 5.32 Å². The van der Waals surface area contributed by atoms with Gasteiger partial charge in [-0.1, -0.05) is 6.07 Å². The Bertz CT molecular complexity index is 575. The fourth-order valence-corrected chi connectivity index (χ4v) is 2.92. The predicted molar refractivity (Wildman–Crippen MR) is 77.5 cm³/mol. The highest BCUT2D eigenvalue weighted by Crippen LogP contribution is 2.48. The van der Waals surface area contributed by atoms with Gasteiger partial charge in [-0.05, 0) is 31.5 Å². The number of morpholine rings is 1. The lowest BCUT2D eigenvalue weighted by Crippen LogP contribution is -2.49. The zero-order valence-electron chi connectivity index (χ0n) is 12.6. The van der Waals surface area contributed by atoms with E-state index in [1.807, 2.05) is 11.9 Å². The molecule has 2 aliphatic rings. The number of halogens is 2. The third-order valence-corrected chi connectivity index (χ3v) is 4.52. The van der Waals surface area contributed by atoms with Crippen molar-refractivity contribution in [1.82, 2.24) is 10.2 Å². The maximum atomic E-state index is 13.9. The van der Waals surface area contributed by atoms with Crippen molar-refractivity contribution in [3.05, 3.63) is 35.4 Å². The van der Waals surface area contributed by atoms with Crippen LogP contribution in [0.15, 0.2) is 18.2 Å². The summed E-state index contributed by atoms with van der Waals surface area (Å²) in [6.45, 7) is 2.27. The molecule has 6 heteroatoms. The molecule has 1 aromatic carbocycles. The summed E-state index contributed by atoms with van der Waals surface area (Å²) in [6, 6.07) is 3.64. The van der Waals surface area contributed by atoms with E-state index in [1.165, 1.54) is 12.1 Å². The van der Waals surface area contributed by atoms with Crippen LogP contribution in [0.5, 0.6) is 0 Å². The minimum absolute atomic E-state index is 0.166. The molecule has 1 aliphatic heterocycles. The van der Waals surface area contributed by atoms with Crippen molar-refractivity contribution >= 4 is 5.91 Å². The maximum Gasteiger partial charge on any atom is 0.250 e. The van der Waals surface area contributed by atoms with Crippen LogP contribution in [0.4, 0.5) is 8.78 Å². The Morgan fingerprint density at radius 3 is 2.86 bits per heavy atom. The van der Waals surface area contributed by atoms with Crippen molar-refractivity contribution in [3.8, 4) is 0 Å². The smallest absolute Gasteiger partial charge is 0.250 e. The number of nitrogens with one attached hydrogen (secondary N) is 1. The summed E-state index contributed by atoms with van der Waals surface area (Å²) in [5, 5.41) is 2.87. The van der Waals surface area contributed by atoms with Gasteiger partial charge < -0.3 is 15.0 Å². The van der Waals surface area contributed by atoms with Gasteiger partial charge in [0.05, 0.1) is 6.61 Å². The highest BCUT2D eigenvalue weighted by Gasteiger charge is 2.46. The Labute approximate surface area is 128 Å². The zero-order valence-corrected chi connectivity index (χ0v) is 12.6. The average molecular weight is 310 g/mol. The van der Waals surface area contributed by atoms with Crippen molar-refractivity contribution in [2.24, 2.45) is 0 Å². The lowest BCUT2D eigenvalue weighted by Gasteiger charge is -2.29. The van der Waals surface area contributed by atoms with Gasteiger partial charge in [-0.15, -0.1) is 0 Å². The number of amides is 1. The number of benzene rings is 1. The van der Waals surface area contributed by atoms with E-state index in [-0.39, 0.29) is 5.91 Å². The van der Waals surface area contributed by atoms with Crippen LogP contribution in [0.1, 0.15) is 18.4 Å². The highest BCUT2D eigenvalue weighted by atomic mass is 19.1. The minimum atomic E-state index is -0.584. The molecule has 2 fully saturated rings. The fraction of sp³-hybridized carbons (Fsp3) is 0.562. The monoisotopic (exact) mass is 310 g/mol. The van der Waals surface area contributed by atoms with Gasteiger partial charge in [0.1, 0.15) is 17.7 Å². The molecular weight excluding hydrogens is 290 g/mol. The maximum absolute atomic E-state index is 13.9. The van der Waals surface area contributed by atoms with Gasteiger partial charge in [-0.2, -0.15) is 0 Å². The summed E-state index contributed by atoms with van der Waals surface area (Å²) in [7, 11) is 1.94. The van der Waals surface area contributed by atoms with Crippen LogP contribution in [0.3, 0.4) is 0 Å². The molecule has 1 aromatic rings. The first-order chi connectivity index (χ1) is 10.5. The quantitative estimate of drug-likeness (QED) is 0.915. The van der Waals surface area contributed by atoms with Gasteiger partial charge in [0.15, 0.2) is 0 Å². The molecule has 0 radical (unpaired) electrons. The number of nitrogens with zero attached hydrogens (tertiary/aromatic N) is 1. The topological polar surface area (TPSA) is 41.6 Å². The Kier molecular flexibility index (Phi) is 4.14. The third kappa shape index (κ3) is 3.13. The molecule has 0 bridgehead atoms. The second-order valence-corrected chi connectivity index (χ2v) is 6.24. The largest absolute Gasteiger partial charge is 0.366 e. The molecule has 120 valence electrons. The summed E-state index contributed by atoms with van der Waals surface area (Å²) in [5.74, 6) is -1.29. The van der Waals surface area contributed by atoms with E-state index < -0.39 is 23.2 Å². The Hall–Kier alpha value is -1.53. The number of hydrogen-bond acceptors (Lipinski definition) is 3. The van der Waals surface area contributed by atoms with Gasteiger partial charge in [0.2, 0.25) is 0 Å². The molecule has 1 N–H and O–H groups in total. The van der Waals surface area contributed by atoms with Crippen LogP contribution in [-0.2, 0) is 14.9 Å². The van der Waals surface area contributed by atoms with Crippen molar-refractivity contribution in [2.75, 3.05) is 33.3 Å². The van der Waals surface area contributed by atoms with E-state index in [0.29, 0.717) is 25.3 Å². The molecule has 4 nitrogen and oxygen atoms in total. The molecule has 22 heavy (non-hydrogen) atoms. The number of carbonyl (C=O) groups is 1. The first-order valence-corrected chi connectivity index (χ1v) is 7.54. The van der Waals surface area contributed by atoms with Crippen LogP contribution in [-0.4, -0.2) is 50.2 Å². The summed E-state index contributed by atoms with van der Waals surface area (Å²) in [6.07, 6.45) is 1.11. The molecule has 0 spiro atoms. The van der Waals surface area contributed by atoms with Crippen molar-refractivity contribution in [1.29, 1.82) is 0 Å². The Morgan fingerprint density at radius 1 is 1.45 bits per heavy atom. The van der Waals surface area contributed by atoms with Gasteiger partial charge >= 0.3 is 0 Å². The molecule has 0 unspecified atom stereocenters. The molecule has 3 rings (SSSR count). The van der Waals surface area contributed by atoms with Gasteiger partial charge in [0, 0.05) is 31.1 Å². The summed E-state index contributed by atoms with van der Waals surface area (Å²) >= 11 is 0. The van der Waals surface area contributed by atoms with E-state index >= 15 is 0 Å². The number of carbonyl (C=O) groups excluding carboxylic acids is 1. The summed E-state index contributed by atoms with van der Waals surface area (Å²) < 4.78 is 32.4. The summed E-state index contributed by atoms with van der Waals surface area (Å²) in [5.41, 5.74) is 0.0875. The van der Waals surface area contributed by atoms with E-state index in [9.17, 15) is 13.6 Å². The zero-order chi connectivity index (χ0) is 15.7. The lowest BCUT2D eigenvalue weighted by molar-refractivity contribution is -0.137. The van der Waals surface area contributed by atoms with E-state index in [4.69, 9.17) is 4.74 Å². The van der Waals surface area contributed by atoms with Crippen LogP contribution in [0.2, 0.25) is 0 Å². The molecule has 1 saturated carbocycles. The Morgan fingerprint density at radius 2 is 2.23 bits per heavy atom. The number of ether oxygens (including phenoxy) is 1. The van der Waals surface area contributed by atoms with Crippen LogP contribution in [0.25, 0.3) is 0 Å². The van der Waals surface area contributed by atoms with Crippen LogP contribution in [0, 0.1) is 11.6 Å². The summed E-state index contributed by atoms with van der Waals surface area (Å²) in [4.78, 5) is 14.2. The molecule has 1 aliphatic carbocycles. The number of rotatable bonds is 4. The second kappa shape index (κ2) is 5.93. The SMILES string of the molecule is CN1CCO[C@H](C(=O)NCC2(c3ccc(F)cc3F)CC2)C1. The third-order valence-electron chi connectivity index (χ3n) is 4.52. The molecule has 1 atom stereocenters. The molecule has 1 saturated heterocycles. The van der Waals surface area contributed by atoms with Gasteiger partial charge in [0.25, 0.3) is 5.91 Å². The van der Waals surface area contributed by atoms with Crippen molar-refractivity contribution in [2.45, 2.75) is 24.4 Å². The highest BCUT2D eigenvalue weighted by molar-refractivity contribution is 5.81. The molecule has 1 heterocycles. The molecular formula is C16H20F2N2O2. The molecule has 1 amide bonds. The van der Waals surface area contributed by atoms with Crippen molar-refractivity contribution in [3.63, 3.8) is 0 Å². The van der Waals surface area contributed by atoms with E-state index in [1.54, 1.807) is 0 Å². The first-order valence-electron chi connectivity index (χ1n) is 7.54. The second-order valence-electron chi connectivity index (χ2n) is 6.24. The molecule has 0 aromatic heterocycles. The standard InChI is InChI=1S/C16H20F2N2O2/c1-20-6-7-22-14(9-20)15(21)19-10-16(4-5-16)12-3-2-11(17)8-13(12)18/h2-3,8,14H,4-7,9-10H2,1H3,(H,19,21)/t14-/m0/s1. The number of hydrogen-bond donors (Lipinski definition) is 1.